The highest BCUT2D eigenvalue weighted by Gasteiger charge is 2.14. The lowest BCUT2D eigenvalue weighted by Gasteiger charge is -2.12. The predicted molar refractivity (Wildman–Crippen MR) is 120 cm³/mol. The maximum absolute atomic E-state index is 11.5. The molecule has 0 atom stereocenters. The highest BCUT2D eigenvalue weighted by atomic mass is 16.5. The zero-order valence-corrected chi connectivity index (χ0v) is 17.1. The molecule has 0 amide bonds. The van der Waals surface area contributed by atoms with Gasteiger partial charge in [-0.1, -0.05) is 55.5 Å². The van der Waals surface area contributed by atoms with Gasteiger partial charge in [-0.2, -0.15) is 0 Å². The number of carbonyl (C=O) groups is 1. The molecule has 0 unspecified atom stereocenters. The Kier molecular flexibility index (Phi) is 7.22. The summed E-state index contributed by atoms with van der Waals surface area (Å²) in [5.74, 6) is 0.0638. The van der Waals surface area contributed by atoms with Crippen molar-refractivity contribution >= 4 is 17.0 Å². The van der Waals surface area contributed by atoms with E-state index in [1.54, 1.807) is 18.2 Å². The number of allylic oxidation sites excluding steroid dienone is 5. The number of nitrogens with zero attached hydrogens (tertiary/aromatic N) is 2. The van der Waals surface area contributed by atoms with Gasteiger partial charge in [-0.3, -0.25) is 0 Å². The molecule has 30 heavy (non-hydrogen) atoms. The minimum Gasteiger partial charge on any atom is -0.485 e. The molecule has 0 fully saturated rings. The fraction of sp³-hybridized carbons (Fsp3) is 0.200. The standard InChI is InChI=1S/C25H26N2O3/c1-3-5-6-12-19(11-4-2)17-27-22-15-9-8-14-21(22)26-24(27)18-30-23-16-10-7-13-20(23)25(28)29/h3,6-16H,1,4-5,17-18H2,2H3,(H,28,29)/b12-6?,19-11+. The van der Waals surface area contributed by atoms with Crippen LogP contribution in [0.4, 0.5) is 0 Å². The van der Waals surface area contributed by atoms with Crippen molar-refractivity contribution in [1.29, 1.82) is 0 Å². The highest BCUT2D eigenvalue weighted by molar-refractivity contribution is 5.90. The molecule has 1 N–H and O–H groups in total. The summed E-state index contributed by atoms with van der Waals surface area (Å²) >= 11 is 0. The predicted octanol–water partition coefficient (Wildman–Crippen LogP) is 5.78. The zero-order valence-electron chi connectivity index (χ0n) is 17.1. The number of carboxylic acid groups (broad SMARTS) is 1. The number of fused-ring (bicyclic) bond motifs is 1. The Labute approximate surface area is 176 Å². The number of para-hydroxylation sites is 3. The third-order valence-corrected chi connectivity index (χ3v) is 4.65. The number of carboxylic acids is 1. The van der Waals surface area contributed by atoms with E-state index in [1.807, 2.05) is 30.3 Å². The molecule has 0 saturated heterocycles. The van der Waals surface area contributed by atoms with Gasteiger partial charge in [-0.25, -0.2) is 9.78 Å². The molecular formula is C25H26N2O3. The summed E-state index contributed by atoms with van der Waals surface area (Å²) < 4.78 is 8.00. The van der Waals surface area contributed by atoms with Crippen molar-refractivity contribution < 1.29 is 14.6 Å². The van der Waals surface area contributed by atoms with Crippen LogP contribution in [0.15, 0.2) is 85.0 Å². The second-order valence-electron chi connectivity index (χ2n) is 6.81. The Hall–Kier alpha value is -3.60. The van der Waals surface area contributed by atoms with Crippen LogP contribution in [0.2, 0.25) is 0 Å². The van der Waals surface area contributed by atoms with E-state index in [9.17, 15) is 9.90 Å². The maximum atomic E-state index is 11.5. The molecule has 0 aliphatic carbocycles. The van der Waals surface area contributed by atoms with Gasteiger partial charge in [0.05, 0.1) is 11.0 Å². The van der Waals surface area contributed by atoms with Gasteiger partial charge < -0.3 is 14.4 Å². The number of ether oxygens (including phenoxy) is 1. The van der Waals surface area contributed by atoms with E-state index in [2.05, 4.69) is 36.3 Å². The van der Waals surface area contributed by atoms with E-state index in [0.717, 1.165) is 29.7 Å². The summed E-state index contributed by atoms with van der Waals surface area (Å²) in [6.07, 6.45) is 10.0. The lowest BCUT2D eigenvalue weighted by Crippen LogP contribution is -2.10. The molecule has 0 aliphatic heterocycles. The molecule has 0 bridgehead atoms. The second kappa shape index (κ2) is 10.3. The first-order valence-electron chi connectivity index (χ1n) is 9.99. The van der Waals surface area contributed by atoms with Crippen molar-refractivity contribution in [3.63, 3.8) is 0 Å². The van der Waals surface area contributed by atoms with Gasteiger partial charge in [0.25, 0.3) is 0 Å². The minimum atomic E-state index is -1.01. The monoisotopic (exact) mass is 402 g/mol. The number of aromatic nitrogens is 2. The number of hydrogen-bond acceptors (Lipinski definition) is 3. The summed E-state index contributed by atoms with van der Waals surface area (Å²) in [4.78, 5) is 16.2. The number of hydrogen-bond donors (Lipinski definition) is 1. The number of imidazole rings is 1. The fourth-order valence-electron chi connectivity index (χ4n) is 3.27. The van der Waals surface area contributed by atoms with Crippen molar-refractivity contribution in [3.8, 4) is 5.75 Å². The summed E-state index contributed by atoms with van der Waals surface area (Å²) in [5.41, 5.74) is 3.21. The van der Waals surface area contributed by atoms with Crippen LogP contribution in [-0.2, 0) is 13.2 Å². The topological polar surface area (TPSA) is 64.3 Å². The van der Waals surface area contributed by atoms with Gasteiger partial charge >= 0.3 is 5.97 Å². The van der Waals surface area contributed by atoms with Crippen LogP contribution in [0, 0.1) is 0 Å². The summed E-state index contributed by atoms with van der Waals surface area (Å²) in [5, 5.41) is 9.39. The molecular weight excluding hydrogens is 376 g/mol. The van der Waals surface area contributed by atoms with Crippen molar-refractivity contribution in [2.75, 3.05) is 0 Å². The Balaban J connectivity index is 1.93. The van der Waals surface area contributed by atoms with Crippen LogP contribution in [0.1, 0.15) is 35.9 Å². The molecule has 0 radical (unpaired) electrons. The summed E-state index contributed by atoms with van der Waals surface area (Å²) in [7, 11) is 0. The molecule has 5 heteroatoms. The molecule has 0 saturated carbocycles. The van der Waals surface area contributed by atoms with Gasteiger partial charge in [0.15, 0.2) is 0 Å². The smallest absolute Gasteiger partial charge is 0.339 e. The van der Waals surface area contributed by atoms with Crippen LogP contribution >= 0.6 is 0 Å². The minimum absolute atomic E-state index is 0.138. The first kappa shape index (κ1) is 21.1. The quantitative estimate of drug-likeness (QED) is 0.345. The molecule has 2 aromatic carbocycles. The Morgan fingerprint density at radius 1 is 1.20 bits per heavy atom. The van der Waals surface area contributed by atoms with E-state index < -0.39 is 5.97 Å². The van der Waals surface area contributed by atoms with Gasteiger partial charge in [0.1, 0.15) is 23.7 Å². The Morgan fingerprint density at radius 2 is 1.97 bits per heavy atom. The van der Waals surface area contributed by atoms with Crippen LogP contribution in [0.25, 0.3) is 11.0 Å². The SMILES string of the molecule is C=CCC=C/C(=C\CC)Cn1c(COc2ccccc2C(=O)O)nc2ccccc21. The average molecular weight is 402 g/mol. The van der Waals surface area contributed by atoms with Crippen molar-refractivity contribution in [3.05, 3.63) is 96.4 Å². The molecule has 0 spiro atoms. The Bertz CT molecular complexity index is 1090. The van der Waals surface area contributed by atoms with Crippen molar-refractivity contribution in [2.45, 2.75) is 32.9 Å². The van der Waals surface area contributed by atoms with Crippen molar-refractivity contribution in [1.82, 2.24) is 9.55 Å². The second-order valence-corrected chi connectivity index (χ2v) is 6.81. The molecule has 5 nitrogen and oxygen atoms in total. The third-order valence-electron chi connectivity index (χ3n) is 4.65. The van der Waals surface area contributed by atoms with Crippen LogP contribution in [0.3, 0.4) is 0 Å². The van der Waals surface area contributed by atoms with E-state index >= 15 is 0 Å². The maximum Gasteiger partial charge on any atom is 0.339 e. The zero-order chi connectivity index (χ0) is 21.3. The molecule has 1 aromatic heterocycles. The molecule has 3 rings (SSSR count). The van der Waals surface area contributed by atoms with E-state index in [-0.39, 0.29) is 12.2 Å². The molecule has 3 aromatic rings. The number of benzene rings is 2. The number of rotatable bonds is 10. The van der Waals surface area contributed by atoms with Gasteiger partial charge in [0, 0.05) is 6.54 Å². The Morgan fingerprint density at radius 3 is 2.73 bits per heavy atom. The molecule has 154 valence electrons. The van der Waals surface area contributed by atoms with E-state index in [4.69, 9.17) is 9.72 Å². The van der Waals surface area contributed by atoms with Crippen LogP contribution in [-0.4, -0.2) is 20.6 Å². The van der Waals surface area contributed by atoms with E-state index in [1.165, 1.54) is 11.6 Å². The highest BCUT2D eigenvalue weighted by Crippen LogP contribution is 2.22. The van der Waals surface area contributed by atoms with E-state index in [0.29, 0.717) is 12.3 Å². The normalized spacial score (nSPS) is 11.8. The first-order valence-corrected chi connectivity index (χ1v) is 9.99. The van der Waals surface area contributed by atoms with Gasteiger partial charge in [-0.15, -0.1) is 6.58 Å². The van der Waals surface area contributed by atoms with Crippen LogP contribution < -0.4 is 4.74 Å². The fourth-order valence-corrected chi connectivity index (χ4v) is 3.27. The average Bonchev–Trinajstić information content (AvgIpc) is 3.10. The lowest BCUT2D eigenvalue weighted by atomic mass is 10.2. The first-order chi connectivity index (χ1) is 14.6. The van der Waals surface area contributed by atoms with Gasteiger partial charge in [-0.05, 0) is 42.7 Å². The lowest BCUT2D eigenvalue weighted by molar-refractivity contribution is 0.0691. The largest absolute Gasteiger partial charge is 0.485 e. The summed E-state index contributed by atoms with van der Waals surface area (Å²) in [6, 6.07) is 14.6. The molecule has 0 aliphatic rings. The molecule has 1 heterocycles. The van der Waals surface area contributed by atoms with Crippen LogP contribution in [0.5, 0.6) is 5.75 Å². The third kappa shape index (κ3) is 5.06. The number of aromatic carboxylic acids is 1. The van der Waals surface area contributed by atoms with Crippen molar-refractivity contribution in [2.24, 2.45) is 0 Å². The summed E-state index contributed by atoms with van der Waals surface area (Å²) in [6.45, 7) is 6.70. The van der Waals surface area contributed by atoms with Gasteiger partial charge in [0.2, 0.25) is 0 Å².